The van der Waals surface area contributed by atoms with Gasteiger partial charge in [-0.2, -0.15) is 0 Å². The quantitative estimate of drug-likeness (QED) is 0.330. The molecule has 0 aromatic heterocycles. The van der Waals surface area contributed by atoms with E-state index in [-0.39, 0.29) is 23.0 Å². The van der Waals surface area contributed by atoms with Crippen LogP contribution in [0.4, 0.5) is 5.69 Å². The number of ether oxygens (including phenoxy) is 1. The maximum Gasteiger partial charge on any atom is 0.264 e. The molecule has 8 nitrogen and oxygen atoms in total. The normalized spacial score (nSPS) is 11.9. The fourth-order valence-electron chi connectivity index (χ4n) is 3.75. The van der Waals surface area contributed by atoms with Crippen LogP contribution in [0.2, 0.25) is 5.02 Å². The molecule has 0 spiro atoms. The molecule has 0 aliphatic heterocycles. The van der Waals surface area contributed by atoms with Gasteiger partial charge in [-0.1, -0.05) is 39.7 Å². The summed E-state index contributed by atoms with van der Waals surface area (Å²) >= 11 is 9.47. The first-order valence-electron chi connectivity index (χ1n) is 11.8. The molecule has 0 radical (unpaired) electrons. The van der Waals surface area contributed by atoms with Gasteiger partial charge < -0.3 is 15.0 Å². The maximum absolute atomic E-state index is 13.8. The van der Waals surface area contributed by atoms with E-state index in [1.807, 2.05) is 24.3 Å². The summed E-state index contributed by atoms with van der Waals surface area (Å²) in [5.41, 5.74) is 1.03. The van der Waals surface area contributed by atoms with Gasteiger partial charge in [0.25, 0.3) is 10.0 Å². The molecular weight excluding hydrogens is 594 g/mol. The summed E-state index contributed by atoms with van der Waals surface area (Å²) in [6, 6.07) is 18.6. The number of rotatable bonds is 11. The number of nitrogens with zero attached hydrogens (tertiary/aromatic N) is 2. The van der Waals surface area contributed by atoms with Crippen molar-refractivity contribution < 1.29 is 22.7 Å². The van der Waals surface area contributed by atoms with Crippen LogP contribution >= 0.6 is 27.5 Å². The summed E-state index contributed by atoms with van der Waals surface area (Å²) in [5, 5.41) is 3.15. The highest BCUT2D eigenvalue weighted by molar-refractivity contribution is 9.10. The number of hydrogen-bond acceptors (Lipinski definition) is 5. The lowest BCUT2D eigenvalue weighted by Crippen LogP contribution is -2.51. The minimum absolute atomic E-state index is 0.0173. The van der Waals surface area contributed by atoms with E-state index < -0.39 is 28.5 Å². The van der Waals surface area contributed by atoms with Crippen LogP contribution < -0.4 is 14.4 Å². The van der Waals surface area contributed by atoms with Crippen molar-refractivity contribution in [2.75, 3.05) is 24.5 Å². The third-order valence-electron chi connectivity index (χ3n) is 5.80. The van der Waals surface area contributed by atoms with Gasteiger partial charge in [0.15, 0.2) is 0 Å². The Morgan fingerprint density at radius 3 is 2.29 bits per heavy atom. The summed E-state index contributed by atoms with van der Waals surface area (Å²) in [7, 11) is -2.69. The first-order chi connectivity index (χ1) is 18.1. The van der Waals surface area contributed by atoms with Crippen LogP contribution in [0.15, 0.2) is 82.2 Å². The number of methoxy groups -OCH3 is 1. The Hall–Kier alpha value is -3.08. The minimum atomic E-state index is -4.18. The molecule has 3 aromatic carbocycles. The molecule has 0 saturated carbocycles. The number of hydrogen-bond donors (Lipinski definition) is 1. The van der Waals surface area contributed by atoms with Crippen LogP contribution in [0.25, 0.3) is 0 Å². The molecule has 1 unspecified atom stereocenters. The zero-order valence-corrected chi connectivity index (χ0v) is 24.4. The van der Waals surface area contributed by atoms with Crippen molar-refractivity contribution in [3.05, 3.63) is 87.9 Å². The van der Waals surface area contributed by atoms with Crippen molar-refractivity contribution in [3.63, 3.8) is 0 Å². The lowest BCUT2D eigenvalue weighted by molar-refractivity contribution is -0.139. The van der Waals surface area contributed by atoms with E-state index in [2.05, 4.69) is 21.2 Å². The van der Waals surface area contributed by atoms with Gasteiger partial charge in [-0.15, -0.1) is 0 Å². The van der Waals surface area contributed by atoms with Crippen LogP contribution in [0.3, 0.4) is 0 Å². The molecule has 0 heterocycles. The Bertz CT molecular complexity index is 1370. The highest BCUT2D eigenvalue weighted by Crippen LogP contribution is 2.27. The predicted octanol–water partition coefficient (Wildman–Crippen LogP) is 4.86. The van der Waals surface area contributed by atoms with Crippen LogP contribution in [0.1, 0.15) is 19.4 Å². The third kappa shape index (κ3) is 7.27. The van der Waals surface area contributed by atoms with E-state index in [1.165, 1.54) is 48.4 Å². The van der Waals surface area contributed by atoms with E-state index in [0.29, 0.717) is 17.3 Å². The van der Waals surface area contributed by atoms with Crippen molar-refractivity contribution in [1.29, 1.82) is 0 Å². The van der Waals surface area contributed by atoms with Crippen LogP contribution in [0, 0.1) is 0 Å². The molecule has 11 heteroatoms. The van der Waals surface area contributed by atoms with Crippen molar-refractivity contribution in [2.24, 2.45) is 0 Å². The van der Waals surface area contributed by atoms with Gasteiger partial charge in [0, 0.05) is 22.6 Å². The second kappa shape index (κ2) is 13.1. The van der Waals surface area contributed by atoms with Crippen LogP contribution in [0.5, 0.6) is 5.75 Å². The van der Waals surface area contributed by atoms with Crippen molar-refractivity contribution >= 4 is 55.1 Å². The fourth-order valence-corrected chi connectivity index (χ4v) is 5.73. The predicted molar refractivity (Wildman–Crippen MR) is 152 cm³/mol. The number of sulfonamides is 1. The fraction of sp³-hybridized carbons (Fsp3) is 0.259. The van der Waals surface area contributed by atoms with E-state index >= 15 is 0 Å². The summed E-state index contributed by atoms with van der Waals surface area (Å²) in [6.45, 7) is 3.37. The molecule has 0 fully saturated rings. The minimum Gasteiger partial charge on any atom is -0.497 e. The standard InChI is InChI=1S/C27H29BrClN3O5S/c1-4-30-27(34)19(2)31(17-20-6-5-7-21(28)16-20)26(33)18-32(23-10-8-22(29)9-11-23)38(35,36)25-14-12-24(37-3)13-15-25/h5-16,19H,4,17-18H2,1-3H3,(H,30,34). The average molecular weight is 623 g/mol. The van der Waals surface area contributed by atoms with Gasteiger partial charge in [0.05, 0.1) is 17.7 Å². The van der Waals surface area contributed by atoms with E-state index in [4.69, 9.17) is 16.3 Å². The average Bonchev–Trinajstić information content (AvgIpc) is 2.90. The molecule has 0 aliphatic carbocycles. The van der Waals surface area contributed by atoms with Gasteiger partial charge in [-0.25, -0.2) is 8.42 Å². The number of nitrogens with one attached hydrogen (secondary N) is 1. The monoisotopic (exact) mass is 621 g/mol. The smallest absolute Gasteiger partial charge is 0.264 e. The first kappa shape index (κ1) is 29.5. The van der Waals surface area contributed by atoms with Crippen molar-refractivity contribution in [3.8, 4) is 5.75 Å². The van der Waals surface area contributed by atoms with Gasteiger partial charge in [-0.3, -0.25) is 13.9 Å². The Kier molecular flexibility index (Phi) is 10.2. The molecule has 2 amide bonds. The zero-order chi connectivity index (χ0) is 27.9. The number of amides is 2. The van der Waals surface area contributed by atoms with Crippen LogP contribution in [-0.4, -0.2) is 51.4 Å². The van der Waals surface area contributed by atoms with E-state index in [9.17, 15) is 18.0 Å². The molecule has 1 N–H and O–H groups in total. The van der Waals surface area contributed by atoms with Gasteiger partial charge >= 0.3 is 0 Å². The maximum atomic E-state index is 13.8. The van der Waals surface area contributed by atoms with Crippen molar-refractivity contribution in [2.45, 2.75) is 31.3 Å². The molecule has 1 atom stereocenters. The number of benzene rings is 3. The number of likely N-dealkylation sites (N-methyl/N-ethyl adjacent to an activating group) is 1. The third-order valence-corrected chi connectivity index (χ3v) is 8.33. The summed E-state index contributed by atoms with van der Waals surface area (Å²) in [5.74, 6) is -0.392. The highest BCUT2D eigenvalue weighted by atomic mass is 79.9. The van der Waals surface area contributed by atoms with Gasteiger partial charge in [0.2, 0.25) is 11.8 Å². The lowest BCUT2D eigenvalue weighted by Gasteiger charge is -2.32. The summed E-state index contributed by atoms with van der Waals surface area (Å²) in [4.78, 5) is 27.9. The van der Waals surface area contributed by atoms with E-state index in [1.54, 1.807) is 26.0 Å². The Balaban J connectivity index is 2.02. The second-order valence-electron chi connectivity index (χ2n) is 8.39. The van der Waals surface area contributed by atoms with Crippen LogP contribution in [-0.2, 0) is 26.2 Å². The number of carbonyl (C=O) groups is 2. The number of anilines is 1. The molecule has 3 rings (SSSR count). The second-order valence-corrected chi connectivity index (χ2v) is 11.6. The Morgan fingerprint density at radius 1 is 1.05 bits per heavy atom. The molecule has 202 valence electrons. The Morgan fingerprint density at radius 2 is 1.71 bits per heavy atom. The van der Waals surface area contributed by atoms with Gasteiger partial charge in [0.1, 0.15) is 18.3 Å². The molecule has 3 aromatic rings. The SMILES string of the molecule is CCNC(=O)C(C)N(Cc1cccc(Br)c1)C(=O)CN(c1ccc(Cl)cc1)S(=O)(=O)c1ccc(OC)cc1. The summed E-state index contributed by atoms with van der Waals surface area (Å²) < 4.78 is 34.5. The first-order valence-corrected chi connectivity index (χ1v) is 14.4. The largest absolute Gasteiger partial charge is 0.497 e. The van der Waals surface area contributed by atoms with E-state index in [0.717, 1.165) is 14.3 Å². The van der Waals surface area contributed by atoms with Gasteiger partial charge in [-0.05, 0) is 80.1 Å². The summed E-state index contributed by atoms with van der Waals surface area (Å²) in [6.07, 6.45) is 0. The molecule has 0 aliphatic rings. The Labute approximate surface area is 236 Å². The lowest BCUT2D eigenvalue weighted by atomic mass is 10.1. The molecule has 0 saturated heterocycles. The topological polar surface area (TPSA) is 96.0 Å². The molecular formula is C27H29BrClN3O5S. The molecule has 38 heavy (non-hydrogen) atoms. The zero-order valence-electron chi connectivity index (χ0n) is 21.2. The molecule has 0 bridgehead atoms. The number of carbonyl (C=O) groups excluding carboxylic acids is 2. The highest BCUT2D eigenvalue weighted by Gasteiger charge is 2.32. The van der Waals surface area contributed by atoms with Crippen molar-refractivity contribution in [1.82, 2.24) is 10.2 Å². The number of halogens is 2.